The molecule has 1 aliphatic rings. The minimum atomic E-state index is -0.218. The molecule has 1 heterocycles. The number of benzene rings is 2. The third-order valence-electron chi connectivity index (χ3n) is 4.91. The maximum Gasteiger partial charge on any atom is 0.276 e. The maximum atomic E-state index is 13.0. The number of anilines is 2. The van der Waals surface area contributed by atoms with Gasteiger partial charge in [0.25, 0.3) is 5.91 Å². The fourth-order valence-electron chi connectivity index (χ4n) is 3.63. The van der Waals surface area contributed by atoms with E-state index in [0.717, 1.165) is 47.1 Å². The van der Waals surface area contributed by atoms with Gasteiger partial charge in [-0.25, -0.2) is 4.68 Å². The van der Waals surface area contributed by atoms with Crippen LogP contribution in [-0.4, -0.2) is 21.6 Å². The van der Waals surface area contributed by atoms with E-state index in [1.807, 2.05) is 28.9 Å². The molecule has 2 amide bonds. The van der Waals surface area contributed by atoms with E-state index in [0.29, 0.717) is 17.1 Å². The van der Waals surface area contributed by atoms with Crippen LogP contribution in [0.5, 0.6) is 0 Å². The summed E-state index contributed by atoms with van der Waals surface area (Å²) < 4.78 is 2.87. The average molecular weight is 453 g/mol. The molecule has 0 aliphatic heterocycles. The molecule has 6 nitrogen and oxygen atoms in total. The van der Waals surface area contributed by atoms with Crippen LogP contribution in [0.3, 0.4) is 0 Å². The van der Waals surface area contributed by atoms with Crippen molar-refractivity contribution in [3.63, 3.8) is 0 Å². The first kappa shape index (κ1) is 19.4. The Kier molecular flexibility index (Phi) is 5.49. The van der Waals surface area contributed by atoms with Crippen LogP contribution in [0.15, 0.2) is 53.0 Å². The first-order valence-electron chi connectivity index (χ1n) is 9.57. The van der Waals surface area contributed by atoms with Crippen LogP contribution in [0.2, 0.25) is 0 Å². The van der Waals surface area contributed by atoms with Crippen molar-refractivity contribution in [3.05, 3.63) is 70.0 Å². The van der Waals surface area contributed by atoms with Crippen LogP contribution >= 0.6 is 15.9 Å². The molecule has 1 aliphatic carbocycles. The first-order chi connectivity index (χ1) is 14.0. The monoisotopic (exact) mass is 452 g/mol. The second kappa shape index (κ2) is 8.21. The molecule has 0 fully saturated rings. The smallest absolute Gasteiger partial charge is 0.276 e. The Hall–Kier alpha value is -2.93. The predicted molar refractivity (Wildman–Crippen MR) is 117 cm³/mol. The lowest BCUT2D eigenvalue weighted by atomic mass is 9.95. The molecule has 0 unspecified atom stereocenters. The number of amides is 2. The van der Waals surface area contributed by atoms with Gasteiger partial charge in [0, 0.05) is 34.0 Å². The minimum absolute atomic E-state index is 0.133. The zero-order valence-electron chi connectivity index (χ0n) is 16.0. The van der Waals surface area contributed by atoms with E-state index in [1.165, 1.54) is 6.92 Å². The Morgan fingerprint density at radius 1 is 1.00 bits per heavy atom. The van der Waals surface area contributed by atoms with E-state index >= 15 is 0 Å². The molecule has 2 aromatic carbocycles. The summed E-state index contributed by atoms with van der Waals surface area (Å²) in [5, 5.41) is 10.3. The van der Waals surface area contributed by atoms with Gasteiger partial charge in [0.1, 0.15) is 0 Å². The van der Waals surface area contributed by atoms with Gasteiger partial charge in [0.2, 0.25) is 5.91 Å². The van der Waals surface area contributed by atoms with E-state index < -0.39 is 0 Å². The van der Waals surface area contributed by atoms with Gasteiger partial charge >= 0.3 is 0 Å². The van der Waals surface area contributed by atoms with Crippen LogP contribution < -0.4 is 10.6 Å². The van der Waals surface area contributed by atoms with E-state index in [4.69, 9.17) is 0 Å². The Balaban J connectivity index is 1.62. The zero-order valence-corrected chi connectivity index (χ0v) is 17.6. The Bertz CT molecular complexity index is 1070. The average Bonchev–Trinajstić information content (AvgIpc) is 3.09. The number of carbonyl (C=O) groups excluding carboxylic acids is 2. The molecule has 0 atom stereocenters. The molecule has 0 radical (unpaired) electrons. The Morgan fingerprint density at radius 3 is 2.38 bits per heavy atom. The van der Waals surface area contributed by atoms with Crippen LogP contribution in [0, 0.1) is 0 Å². The highest BCUT2D eigenvalue weighted by atomic mass is 79.9. The van der Waals surface area contributed by atoms with Gasteiger partial charge in [-0.3, -0.25) is 9.59 Å². The molecule has 29 heavy (non-hydrogen) atoms. The van der Waals surface area contributed by atoms with Crippen LogP contribution in [0.1, 0.15) is 41.5 Å². The highest BCUT2D eigenvalue weighted by molar-refractivity contribution is 9.10. The molecule has 0 bridgehead atoms. The molecule has 148 valence electrons. The Morgan fingerprint density at radius 2 is 1.69 bits per heavy atom. The number of rotatable bonds is 4. The second-order valence-corrected chi connectivity index (χ2v) is 8.00. The van der Waals surface area contributed by atoms with Crippen molar-refractivity contribution >= 4 is 39.1 Å². The lowest BCUT2D eigenvalue weighted by Crippen LogP contribution is -2.15. The summed E-state index contributed by atoms with van der Waals surface area (Å²) in [4.78, 5) is 24.1. The topological polar surface area (TPSA) is 76.0 Å². The predicted octanol–water partition coefficient (Wildman–Crippen LogP) is 4.72. The van der Waals surface area contributed by atoms with Crippen LogP contribution in [-0.2, 0) is 17.6 Å². The highest BCUT2D eigenvalue weighted by Crippen LogP contribution is 2.28. The number of nitrogens with one attached hydrogen (secondary N) is 2. The van der Waals surface area contributed by atoms with E-state index in [-0.39, 0.29) is 11.8 Å². The van der Waals surface area contributed by atoms with E-state index in [1.54, 1.807) is 24.3 Å². The van der Waals surface area contributed by atoms with Crippen molar-refractivity contribution in [3.8, 4) is 5.69 Å². The van der Waals surface area contributed by atoms with Crippen molar-refractivity contribution in [2.75, 3.05) is 10.6 Å². The second-order valence-electron chi connectivity index (χ2n) is 7.09. The summed E-state index contributed by atoms with van der Waals surface area (Å²) in [6, 6.07) is 15.0. The van der Waals surface area contributed by atoms with Gasteiger partial charge in [-0.15, -0.1) is 0 Å². The fourth-order valence-corrected chi connectivity index (χ4v) is 4.02. The summed E-state index contributed by atoms with van der Waals surface area (Å²) in [6.07, 6.45) is 3.92. The number of aromatic nitrogens is 2. The van der Waals surface area contributed by atoms with Gasteiger partial charge < -0.3 is 10.6 Å². The van der Waals surface area contributed by atoms with Crippen molar-refractivity contribution in [2.45, 2.75) is 32.6 Å². The summed E-state index contributed by atoms with van der Waals surface area (Å²) >= 11 is 3.51. The molecule has 0 saturated carbocycles. The quantitative estimate of drug-likeness (QED) is 0.600. The third-order valence-corrected chi connectivity index (χ3v) is 5.40. The number of fused-ring (bicyclic) bond motifs is 1. The van der Waals surface area contributed by atoms with Gasteiger partial charge in [-0.1, -0.05) is 22.0 Å². The summed E-state index contributed by atoms with van der Waals surface area (Å²) in [7, 11) is 0. The highest BCUT2D eigenvalue weighted by Gasteiger charge is 2.25. The zero-order chi connectivity index (χ0) is 20.4. The molecule has 3 aromatic rings. The van der Waals surface area contributed by atoms with Gasteiger partial charge in [0.15, 0.2) is 5.69 Å². The number of nitrogens with zero attached hydrogens (tertiary/aromatic N) is 2. The molecular weight excluding hydrogens is 432 g/mol. The van der Waals surface area contributed by atoms with Gasteiger partial charge in [-0.2, -0.15) is 5.10 Å². The molecule has 0 spiro atoms. The molecule has 2 N–H and O–H groups in total. The number of hydrogen-bond donors (Lipinski definition) is 2. The largest absolute Gasteiger partial charge is 0.326 e. The molecule has 7 heteroatoms. The van der Waals surface area contributed by atoms with Crippen molar-refractivity contribution < 1.29 is 9.59 Å². The van der Waals surface area contributed by atoms with Gasteiger partial charge in [-0.05, 0) is 68.1 Å². The lowest BCUT2D eigenvalue weighted by molar-refractivity contribution is -0.114. The van der Waals surface area contributed by atoms with Gasteiger partial charge in [0.05, 0.1) is 5.69 Å². The number of carbonyl (C=O) groups is 2. The standard InChI is InChI=1S/C22H21BrN4O2/c1-14(28)24-16-9-11-17(12-10-16)25-22(29)21-19-7-2-3-8-20(19)27(26-21)18-6-4-5-15(23)13-18/h4-6,9-13H,2-3,7-8H2,1H3,(H,24,28)(H,25,29). The number of hydrogen-bond acceptors (Lipinski definition) is 3. The van der Waals surface area contributed by atoms with Crippen LogP contribution in [0.4, 0.5) is 11.4 Å². The molecule has 1 aromatic heterocycles. The molecular formula is C22H21BrN4O2. The summed E-state index contributed by atoms with van der Waals surface area (Å²) in [5.41, 5.74) is 4.91. The van der Waals surface area contributed by atoms with Crippen LogP contribution in [0.25, 0.3) is 5.69 Å². The maximum absolute atomic E-state index is 13.0. The Labute approximate surface area is 177 Å². The number of halogens is 1. The van der Waals surface area contributed by atoms with E-state index in [9.17, 15) is 9.59 Å². The normalized spacial score (nSPS) is 12.9. The summed E-state index contributed by atoms with van der Waals surface area (Å²) in [6.45, 7) is 1.46. The fraction of sp³-hybridized carbons (Fsp3) is 0.227. The lowest BCUT2D eigenvalue weighted by Gasteiger charge is -2.14. The molecule has 4 rings (SSSR count). The van der Waals surface area contributed by atoms with Crippen molar-refractivity contribution in [2.24, 2.45) is 0 Å². The first-order valence-corrected chi connectivity index (χ1v) is 10.4. The van der Waals surface area contributed by atoms with Crippen molar-refractivity contribution in [1.82, 2.24) is 9.78 Å². The summed E-state index contributed by atoms with van der Waals surface area (Å²) in [5.74, 6) is -0.351. The SMILES string of the molecule is CC(=O)Nc1ccc(NC(=O)c2nn(-c3cccc(Br)c3)c3c2CCCC3)cc1. The molecule has 0 saturated heterocycles. The van der Waals surface area contributed by atoms with E-state index in [2.05, 4.69) is 31.7 Å². The minimum Gasteiger partial charge on any atom is -0.326 e. The van der Waals surface area contributed by atoms with Crippen molar-refractivity contribution in [1.29, 1.82) is 0 Å². The third kappa shape index (κ3) is 4.24.